The molecule has 0 N–H and O–H groups in total. The fourth-order valence-electron chi connectivity index (χ4n) is 1.87. The minimum Gasteiger partial charge on any atom is -0.497 e. The zero-order valence-corrected chi connectivity index (χ0v) is 15.0. The average Bonchev–Trinajstić information content (AvgIpc) is 2.53. The van der Waals surface area contributed by atoms with Gasteiger partial charge in [0.1, 0.15) is 12.4 Å². The number of rotatable bonds is 6. The van der Waals surface area contributed by atoms with Gasteiger partial charge in [0.15, 0.2) is 11.5 Å². The molecule has 2 aromatic carbocycles. The minimum atomic E-state index is 0.465. The van der Waals surface area contributed by atoms with Crippen LogP contribution in [0.25, 0.3) is 0 Å². The fourth-order valence-corrected chi connectivity index (χ4v) is 2.80. The Morgan fingerprint density at radius 3 is 2.24 bits per heavy atom. The molecule has 2 aromatic rings. The summed E-state index contributed by atoms with van der Waals surface area (Å²) >= 11 is 6.97. The van der Waals surface area contributed by atoms with Crippen LogP contribution in [-0.4, -0.2) is 14.2 Å². The van der Waals surface area contributed by atoms with Gasteiger partial charge in [0.05, 0.1) is 18.7 Å². The first kappa shape index (κ1) is 16.2. The summed E-state index contributed by atoms with van der Waals surface area (Å²) in [6.45, 7) is 0.465. The van der Waals surface area contributed by atoms with Crippen LogP contribution in [0.5, 0.6) is 17.2 Å². The molecule has 0 heterocycles. The smallest absolute Gasteiger partial charge is 0.175 e. The number of halogens is 2. The number of hydrogen-bond donors (Lipinski definition) is 0. The lowest BCUT2D eigenvalue weighted by atomic mass is 10.2. The summed E-state index contributed by atoms with van der Waals surface area (Å²) in [6, 6.07) is 11.8. The highest BCUT2D eigenvalue weighted by atomic mass is 79.9. The standard InChI is InChI=1S/C16H16Br2O3/c1-19-13-5-3-11(4-6-13)10-21-16-14(18)7-12(9-17)8-15(16)20-2/h3-8H,9-10H2,1-2H3. The molecule has 3 nitrogen and oxygen atoms in total. The van der Waals surface area contributed by atoms with Gasteiger partial charge >= 0.3 is 0 Å². The summed E-state index contributed by atoms with van der Waals surface area (Å²) in [4.78, 5) is 0. The maximum atomic E-state index is 5.89. The lowest BCUT2D eigenvalue weighted by Gasteiger charge is -2.14. The second-order valence-electron chi connectivity index (χ2n) is 4.38. The van der Waals surface area contributed by atoms with Gasteiger partial charge in [0.2, 0.25) is 0 Å². The number of methoxy groups -OCH3 is 2. The van der Waals surface area contributed by atoms with Gasteiger partial charge in [0.25, 0.3) is 0 Å². The Kier molecular flexibility index (Phi) is 5.94. The van der Waals surface area contributed by atoms with E-state index in [-0.39, 0.29) is 0 Å². The first-order chi connectivity index (χ1) is 10.2. The van der Waals surface area contributed by atoms with Gasteiger partial charge in [-0.2, -0.15) is 0 Å². The molecule has 2 rings (SSSR count). The van der Waals surface area contributed by atoms with Gasteiger partial charge in [-0.1, -0.05) is 28.1 Å². The molecular formula is C16H16Br2O3. The van der Waals surface area contributed by atoms with E-state index in [4.69, 9.17) is 14.2 Å². The first-order valence-corrected chi connectivity index (χ1v) is 8.27. The molecule has 0 aliphatic carbocycles. The molecule has 0 aliphatic rings. The van der Waals surface area contributed by atoms with E-state index in [9.17, 15) is 0 Å². The third kappa shape index (κ3) is 4.14. The molecule has 0 unspecified atom stereocenters. The second-order valence-corrected chi connectivity index (χ2v) is 5.79. The molecule has 21 heavy (non-hydrogen) atoms. The molecule has 0 bridgehead atoms. The Bertz CT molecular complexity index is 597. The summed E-state index contributed by atoms with van der Waals surface area (Å²) in [5.41, 5.74) is 2.19. The predicted molar refractivity (Wildman–Crippen MR) is 90.7 cm³/mol. The molecule has 0 amide bonds. The van der Waals surface area contributed by atoms with Crippen molar-refractivity contribution in [2.45, 2.75) is 11.9 Å². The number of benzene rings is 2. The Balaban J connectivity index is 2.15. The molecule has 0 aliphatic heterocycles. The minimum absolute atomic E-state index is 0.465. The van der Waals surface area contributed by atoms with Crippen molar-refractivity contribution in [2.75, 3.05) is 14.2 Å². The van der Waals surface area contributed by atoms with Crippen molar-refractivity contribution in [3.63, 3.8) is 0 Å². The monoisotopic (exact) mass is 414 g/mol. The zero-order valence-electron chi connectivity index (χ0n) is 11.9. The van der Waals surface area contributed by atoms with Gasteiger partial charge in [-0.25, -0.2) is 0 Å². The fraction of sp³-hybridized carbons (Fsp3) is 0.250. The molecule has 0 atom stereocenters. The lowest BCUT2D eigenvalue weighted by Crippen LogP contribution is -1.99. The normalized spacial score (nSPS) is 10.3. The van der Waals surface area contributed by atoms with Gasteiger partial charge in [-0.05, 0) is 51.3 Å². The van der Waals surface area contributed by atoms with Gasteiger partial charge in [0, 0.05) is 5.33 Å². The van der Waals surface area contributed by atoms with E-state index < -0.39 is 0 Å². The quantitative estimate of drug-likeness (QED) is 0.625. The van der Waals surface area contributed by atoms with E-state index in [1.54, 1.807) is 14.2 Å². The van der Waals surface area contributed by atoms with E-state index >= 15 is 0 Å². The zero-order chi connectivity index (χ0) is 15.2. The third-order valence-corrected chi connectivity index (χ3v) is 4.22. The van der Waals surface area contributed by atoms with Crippen LogP contribution in [0.1, 0.15) is 11.1 Å². The Labute approximate surface area is 141 Å². The maximum Gasteiger partial charge on any atom is 0.175 e. The largest absolute Gasteiger partial charge is 0.497 e. The van der Waals surface area contributed by atoms with Crippen molar-refractivity contribution in [1.29, 1.82) is 0 Å². The highest BCUT2D eigenvalue weighted by Gasteiger charge is 2.11. The van der Waals surface area contributed by atoms with Crippen molar-refractivity contribution in [3.05, 3.63) is 52.0 Å². The molecule has 0 saturated carbocycles. The summed E-state index contributed by atoms with van der Waals surface area (Å²) in [5.74, 6) is 2.25. The highest BCUT2D eigenvalue weighted by Crippen LogP contribution is 2.37. The van der Waals surface area contributed by atoms with E-state index in [1.807, 2.05) is 36.4 Å². The van der Waals surface area contributed by atoms with Crippen molar-refractivity contribution in [1.82, 2.24) is 0 Å². The Hall–Kier alpha value is -1.20. The second kappa shape index (κ2) is 7.71. The summed E-state index contributed by atoms with van der Waals surface area (Å²) in [5, 5.41) is 0.765. The van der Waals surface area contributed by atoms with Crippen molar-refractivity contribution in [3.8, 4) is 17.2 Å². The maximum absolute atomic E-state index is 5.89. The predicted octanol–water partition coefficient (Wildman–Crippen LogP) is 4.94. The summed E-state index contributed by atoms with van der Waals surface area (Å²) in [6.07, 6.45) is 0. The molecule has 0 fully saturated rings. The van der Waals surface area contributed by atoms with E-state index in [2.05, 4.69) is 31.9 Å². The molecule has 0 aromatic heterocycles. The Morgan fingerprint density at radius 2 is 1.67 bits per heavy atom. The number of hydrogen-bond acceptors (Lipinski definition) is 3. The van der Waals surface area contributed by atoms with Crippen LogP contribution >= 0.6 is 31.9 Å². The van der Waals surface area contributed by atoms with Crippen molar-refractivity contribution >= 4 is 31.9 Å². The summed E-state index contributed by atoms with van der Waals surface area (Å²) < 4.78 is 17.3. The van der Waals surface area contributed by atoms with Gasteiger partial charge in [-0.3, -0.25) is 0 Å². The van der Waals surface area contributed by atoms with Crippen LogP contribution in [0.4, 0.5) is 0 Å². The highest BCUT2D eigenvalue weighted by molar-refractivity contribution is 9.10. The molecule has 112 valence electrons. The number of ether oxygens (including phenoxy) is 3. The van der Waals surface area contributed by atoms with Crippen molar-refractivity contribution < 1.29 is 14.2 Å². The van der Waals surface area contributed by atoms with E-state index in [0.29, 0.717) is 18.1 Å². The van der Waals surface area contributed by atoms with Crippen LogP contribution in [-0.2, 0) is 11.9 Å². The first-order valence-electron chi connectivity index (χ1n) is 6.36. The van der Waals surface area contributed by atoms with Crippen LogP contribution in [0, 0.1) is 0 Å². The van der Waals surface area contributed by atoms with Crippen LogP contribution in [0.15, 0.2) is 40.9 Å². The molecular weight excluding hydrogens is 400 g/mol. The van der Waals surface area contributed by atoms with Crippen LogP contribution < -0.4 is 14.2 Å². The third-order valence-electron chi connectivity index (χ3n) is 2.99. The van der Waals surface area contributed by atoms with Crippen molar-refractivity contribution in [2.24, 2.45) is 0 Å². The van der Waals surface area contributed by atoms with Crippen LogP contribution in [0.3, 0.4) is 0 Å². The molecule has 0 spiro atoms. The Morgan fingerprint density at radius 1 is 0.952 bits per heavy atom. The molecule has 5 heteroatoms. The molecule has 0 radical (unpaired) electrons. The lowest BCUT2D eigenvalue weighted by molar-refractivity contribution is 0.282. The number of alkyl halides is 1. The van der Waals surface area contributed by atoms with Crippen LogP contribution in [0.2, 0.25) is 0 Å². The SMILES string of the molecule is COc1ccc(COc2c(Br)cc(CBr)cc2OC)cc1. The topological polar surface area (TPSA) is 27.7 Å². The van der Waals surface area contributed by atoms with E-state index in [1.165, 1.54) is 0 Å². The van der Waals surface area contributed by atoms with Gasteiger partial charge < -0.3 is 14.2 Å². The van der Waals surface area contributed by atoms with Gasteiger partial charge in [-0.15, -0.1) is 0 Å². The molecule has 0 saturated heterocycles. The van der Waals surface area contributed by atoms with E-state index in [0.717, 1.165) is 26.7 Å². The summed E-state index contributed by atoms with van der Waals surface area (Å²) in [7, 11) is 3.29. The average molecular weight is 416 g/mol.